The van der Waals surface area contributed by atoms with Crippen molar-refractivity contribution in [3.63, 3.8) is 0 Å². The summed E-state index contributed by atoms with van der Waals surface area (Å²) in [7, 11) is 0. The van der Waals surface area contributed by atoms with Gasteiger partial charge in [-0.1, -0.05) is 23.4 Å². The summed E-state index contributed by atoms with van der Waals surface area (Å²) in [4.78, 5) is 10.3. The Morgan fingerprint density at radius 2 is 1.90 bits per heavy atom. The third kappa shape index (κ3) is 2.89. The molecule has 3 N–H and O–H groups in total. The fourth-order valence-corrected chi connectivity index (χ4v) is 1.70. The summed E-state index contributed by atoms with van der Waals surface area (Å²) in [6, 6.07) is 9.41. The zero-order valence-electron chi connectivity index (χ0n) is 10.6. The molecule has 0 heterocycles. The van der Waals surface area contributed by atoms with Crippen molar-refractivity contribution in [1.29, 1.82) is 0 Å². The van der Waals surface area contributed by atoms with Gasteiger partial charge in [0.15, 0.2) is 5.84 Å². The summed E-state index contributed by atoms with van der Waals surface area (Å²) in [6.45, 7) is 0. The number of ether oxygens (including phenoxy) is 1. The van der Waals surface area contributed by atoms with E-state index in [0.717, 1.165) is 6.07 Å². The minimum absolute atomic E-state index is 0.0833. The minimum Gasteiger partial charge on any atom is -0.449 e. The van der Waals surface area contributed by atoms with Gasteiger partial charge in [0, 0.05) is 6.07 Å². The van der Waals surface area contributed by atoms with Gasteiger partial charge >= 0.3 is 5.69 Å². The average Bonchev–Trinajstić information content (AvgIpc) is 2.47. The Kier molecular flexibility index (Phi) is 3.98. The summed E-state index contributed by atoms with van der Waals surface area (Å²) >= 11 is 0. The summed E-state index contributed by atoms with van der Waals surface area (Å²) in [6.07, 6.45) is 0. The first-order valence-corrected chi connectivity index (χ1v) is 5.72. The molecule has 8 heteroatoms. The second kappa shape index (κ2) is 5.87. The van der Waals surface area contributed by atoms with E-state index in [-0.39, 0.29) is 22.7 Å². The van der Waals surface area contributed by atoms with Crippen LogP contribution in [0.5, 0.6) is 11.5 Å². The van der Waals surface area contributed by atoms with E-state index in [0.29, 0.717) is 0 Å². The van der Waals surface area contributed by atoms with Gasteiger partial charge in [-0.05, 0) is 18.2 Å². The Labute approximate surface area is 118 Å². The molecule has 0 spiro atoms. The van der Waals surface area contributed by atoms with Crippen LogP contribution in [0.25, 0.3) is 0 Å². The Hall–Kier alpha value is -3.16. The molecule has 0 saturated heterocycles. The third-order valence-electron chi connectivity index (χ3n) is 2.62. The van der Waals surface area contributed by atoms with Crippen molar-refractivity contribution in [2.45, 2.75) is 0 Å². The molecular weight excluding hydrogens is 281 g/mol. The number of amidine groups is 1. The zero-order chi connectivity index (χ0) is 15.4. The van der Waals surface area contributed by atoms with Crippen LogP contribution in [0.1, 0.15) is 5.56 Å². The number of hydrogen-bond acceptors (Lipinski definition) is 5. The number of hydrogen-bond donors (Lipinski definition) is 2. The van der Waals surface area contributed by atoms with Gasteiger partial charge in [0.2, 0.25) is 5.75 Å². The van der Waals surface area contributed by atoms with Crippen LogP contribution < -0.4 is 10.5 Å². The van der Waals surface area contributed by atoms with Crippen LogP contribution >= 0.6 is 0 Å². The van der Waals surface area contributed by atoms with E-state index in [2.05, 4.69) is 5.16 Å². The smallest absolute Gasteiger partial charge is 0.311 e. The van der Waals surface area contributed by atoms with Crippen LogP contribution in [0, 0.1) is 15.9 Å². The van der Waals surface area contributed by atoms with Gasteiger partial charge in [0.1, 0.15) is 11.6 Å². The molecule has 0 aliphatic carbocycles. The van der Waals surface area contributed by atoms with Crippen molar-refractivity contribution in [3.8, 4) is 11.5 Å². The van der Waals surface area contributed by atoms with Gasteiger partial charge in [-0.3, -0.25) is 10.1 Å². The van der Waals surface area contributed by atoms with Crippen LogP contribution in [0.3, 0.4) is 0 Å². The van der Waals surface area contributed by atoms with Crippen LogP contribution in [0.2, 0.25) is 0 Å². The number of para-hydroxylation sites is 2. The molecule has 21 heavy (non-hydrogen) atoms. The summed E-state index contributed by atoms with van der Waals surface area (Å²) in [5.74, 6) is -1.46. The molecule has 0 unspecified atom stereocenters. The second-order valence-electron chi connectivity index (χ2n) is 3.93. The van der Waals surface area contributed by atoms with E-state index < -0.39 is 16.6 Å². The lowest BCUT2D eigenvalue weighted by molar-refractivity contribution is -0.385. The van der Waals surface area contributed by atoms with Gasteiger partial charge in [-0.25, -0.2) is 4.39 Å². The molecule has 0 aromatic heterocycles. The molecule has 0 aliphatic rings. The number of nitrogens with two attached hydrogens (primary N) is 1. The third-order valence-corrected chi connectivity index (χ3v) is 2.62. The van der Waals surface area contributed by atoms with Crippen LogP contribution in [-0.2, 0) is 0 Å². The van der Waals surface area contributed by atoms with Crippen molar-refractivity contribution in [2.24, 2.45) is 10.9 Å². The highest BCUT2D eigenvalue weighted by atomic mass is 19.1. The predicted molar refractivity (Wildman–Crippen MR) is 72.1 cm³/mol. The first-order chi connectivity index (χ1) is 10.0. The van der Waals surface area contributed by atoms with E-state index in [1.807, 2.05) is 0 Å². The van der Waals surface area contributed by atoms with E-state index >= 15 is 0 Å². The molecule has 2 aromatic rings. The number of benzene rings is 2. The van der Waals surface area contributed by atoms with Gasteiger partial charge in [0.25, 0.3) is 0 Å². The van der Waals surface area contributed by atoms with Crippen molar-refractivity contribution >= 4 is 11.5 Å². The van der Waals surface area contributed by atoms with Gasteiger partial charge in [-0.15, -0.1) is 0 Å². The number of nitro groups is 1. The topological polar surface area (TPSA) is 111 Å². The maximum absolute atomic E-state index is 13.8. The molecule has 0 amide bonds. The maximum atomic E-state index is 13.8. The lowest BCUT2D eigenvalue weighted by Crippen LogP contribution is -2.16. The van der Waals surface area contributed by atoms with Gasteiger partial charge < -0.3 is 15.7 Å². The molecule has 0 bridgehead atoms. The Morgan fingerprint density at radius 3 is 2.57 bits per heavy atom. The number of nitrogens with zero attached hydrogens (tertiary/aromatic N) is 2. The Bertz CT molecular complexity index is 718. The molecule has 0 saturated carbocycles. The van der Waals surface area contributed by atoms with Crippen LogP contribution in [0.4, 0.5) is 10.1 Å². The highest BCUT2D eigenvalue weighted by molar-refractivity contribution is 5.99. The Balaban J connectivity index is 2.51. The number of nitro benzene ring substituents is 1. The van der Waals surface area contributed by atoms with Crippen molar-refractivity contribution in [1.82, 2.24) is 0 Å². The second-order valence-corrected chi connectivity index (χ2v) is 3.93. The molecule has 7 nitrogen and oxygen atoms in total. The van der Waals surface area contributed by atoms with Crippen molar-refractivity contribution < 1.29 is 19.3 Å². The first-order valence-electron chi connectivity index (χ1n) is 5.72. The molecule has 2 rings (SSSR count). The molecule has 0 aliphatic heterocycles. The molecule has 108 valence electrons. The SMILES string of the molecule is NC(=NO)c1c(F)cccc1Oc1ccccc1[N+](=O)[O-]. The fraction of sp³-hybridized carbons (Fsp3) is 0. The van der Waals surface area contributed by atoms with Crippen molar-refractivity contribution in [2.75, 3.05) is 0 Å². The van der Waals surface area contributed by atoms with Gasteiger partial charge in [0.05, 0.1) is 10.5 Å². The average molecular weight is 291 g/mol. The summed E-state index contributed by atoms with van der Waals surface area (Å²) in [5, 5.41) is 22.3. The first kappa shape index (κ1) is 14.3. The van der Waals surface area contributed by atoms with Crippen molar-refractivity contribution in [3.05, 3.63) is 64.0 Å². The maximum Gasteiger partial charge on any atom is 0.311 e. The quantitative estimate of drug-likeness (QED) is 0.296. The van der Waals surface area contributed by atoms with Crippen LogP contribution in [0.15, 0.2) is 47.6 Å². The standard InChI is InChI=1S/C13H10FN3O4/c14-8-4-3-7-11(12(8)13(15)16-18)21-10-6-2-1-5-9(10)17(19)20/h1-7,18H,(H2,15,16). The fourth-order valence-electron chi connectivity index (χ4n) is 1.70. The number of oxime groups is 1. The lowest BCUT2D eigenvalue weighted by atomic mass is 10.1. The highest BCUT2D eigenvalue weighted by Crippen LogP contribution is 2.33. The minimum atomic E-state index is -0.776. The molecule has 0 fully saturated rings. The largest absolute Gasteiger partial charge is 0.449 e. The molecule has 0 atom stereocenters. The monoisotopic (exact) mass is 291 g/mol. The number of rotatable bonds is 4. The summed E-state index contributed by atoms with van der Waals surface area (Å²) in [5.41, 5.74) is 4.83. The Morgan fingerprint density at radius 1 is 1.24 bits per heavy atom. The highest BCUT2D eigenvalue weighted by Gasteiger charge is 2.19. The van der Waals surface area contributed by atoms with E-state index in [4.69, 9.17) is 15.7 Å². The summed E-state index contributed by atoms with van der Waals surface area (Å²) < 4.78 is 19.1. The zero-order valence-corrected chi connectivity index (χ0v) is 10.6. The molecular formula is C13H10FN3O4. The van der Waals surface area contributed by atoms with E-state index in [9.17, 15) is 14.5 Å². The molecule has 0 radical (unpaired) electrons. The molecule has 2 aromatic carbocycles. The number of halogens is 1. The lowest BCUT2D eigenvalue weighted by Gasteiger charge is -2.11. The normalized spacial score (nSPS) is 11.2. The van der Waals surface area contributed by atoms with E-state index in [1.165, 1.54) is 36.4 Å². The predicted octanol–water partition coefficient (Wildman–Crippen LogP) is 2.62. The van der Waals surface area contributed by atoms with E-state index in [1.54, 1.807) is 0 Å². The van der Waals surface area contributed by atoms with Crippen LogP contribution in [-0.4, -0.2) is 16.0 Å². The van der Waals surface area contributed by atoms with Gasteiger partial charge in [-0.2, -0.15) is 0 Å².